The molecule has 4 aromatic rings. The second-order valence-corrected chi connectivity index (χ2v) is 12.7. The Morgan fingerprint density at radius 3 is 2.79 bits per heavy atom. The molecule has 0 spiro atoms. The molecule has 222 valence electrons. The zero-order valence-electron chi connectivity index (χ0n) is 23.6. The van der Waals surface area contributed by atoms with Crippen LogP contribution in [0.2, 0.25) is 5.02 Å². The molecular formula is C31H37ClFN7OS. The minimum atomic E-state index is -0.513. The van der Waals surface area contributed by atoms with Gasteiger partial charge >= 0.3 is 5.69 Å². The Hall–Kier alpha value is -3.18. The number of amidine groups is 1. The normalized spacial score (nSPS) is 17.9. The molecule has 1 aliphatic rings. The van der Waals surface area contributed by atoms with Gasteiger partial charge in [-0.05, 0) is 86.9 Å². The average molecular weight is 610 g/mol. The zero-order valence-corrected chi connectivity index (χ0v) is 25.2. The number of benzene rings is 2. The Labute approximate surface area is 253 Å². The first kappa shape index (κ1) is 30.3. The van der Waals surface area contributed by atoms with E-state index in [4.69, 9.17) is 28.5 Å². The van der Waals surface area contributed by atoms with E-state index in [9.17, 15) is 4.79 Å². The number of thioether (sulfide) groups is 1. The van der Waals surface area contributed by atoms with Gasteiger partial charge < -0.3 is 21.8 Å². The van der Waals surface area contributed by atoms with Crippen LogP contribution in [0.4, 0.5) is 4.39 Å². The van der Waals surface area contributed by atoms with Crippen LogP contribution in [0.15, 0.2) is 53.5 Å². The Balaban J connectivity index is 1.35. The molecule has 2 aromatic heterocycles. The standard InChI is InChI=1S/C31H37ClFN7OS/c1-18(34)4-2-5-19-14-24(28(33)25(32)15-19)27-16-21-17-40(31(41)39-29(21)38-27)23-10-8-20(9-11-23)26-7-3-6-22(37-26)12-13-42-30(35)36/h8-11,14-18,22,26,37H,2-7,12-13,34H2,1H3,(H3,35,36)(H,38,39,41)/t18-,22?,26?/m0/s1. The second-order valence-electron chi connectivity index (χ2n) is 11.1. The summed E-state index contributed by atoms with van der Waals surface area (Å²) >= 11 is 7.63. The predicted molar refractivity (Wildman–Crippen MR) is 171 cm³/mol. The molecule has 0 saturated carbocycles. The fourth-order valence-electron chi connectivity index (χ4n) is 5.63. The lowest BCUT2D eigenvalue weighted by atomic mass is 9.92. The van der Waals surface area contributed by atoms with Crippen molar-refractivity contribution in [1.29, 1.82) is 5.41 Å². The third-order valence-corrected chi connectivity index (χ3v) is 8.82. The lowest BCUT2D eigenvalue weighted by molar-refractivity contribution is 0.320. The number of nitrogens with zero attached hydrogens (tertiary/aromatic N) is 2. The van der Waals surface area contributed by atoms with Gasteiger partial charge in [0.1, 0.15) is 5.65 Å². The minimum Gasteiger partial charge on any atom is -0.379 e. The van der Waals surface area contributed by atoms with Gasteiger partial charge in [0.2, 0.25) is 0 Å². The SMILES string of the molecule is C[C@H](N)CCCc1cc(Cl)c(F)c(-c2cc3cn(-c4ccc(C5CCCC(CCSC(=N)N)N5)cc4)c(=O)nc3[nH]2)c1. The number of piperidine rings is 1. The summed E-state index contributed by atoms with van der Waals surface area (Å²) in [4.78, 5) is 20.3. The van der Waals surface area contributed by atoms with Gasteiger partial charge in [-0.3, -0.25) is 9.98 Å². The van der Waals surface area contributed by atoms with Crippen LogP contribution in [-0.2, 0) is 6.42 Å². The molecule has 1 fully saturated rings. The summed E-state index contributed by atoms with van der Waals surface area (Å²) in [5, 5.41) is 12.0. The number of rotatable bonds is 10. The molecule has 5 rings (SSSR count). The summed E-state index contributed by atoms with van der Waals surface area (Å²) in [5.74, 6) is 0.318. The highest BCUT2D eigenvalue weighted by atomic mass is 35.5. The predicted octanol–water partition coefficient (Wildman–Crippen LogP) is 6.04. The van der Waals surface area contributed by atoms with E-state index in [-0.39, 0.29) is 22.3 Å². The van der Waals surface area contributed by atoms with Crippen LogP contribution in [0, 0.1) is 11.2 Å². The molecule has 11 heteroatoms. The van der Waals surface area contributed by atoms with Crippen molar-refractivity contribution in [3.8, 4) is 16.9 Å². The molecule has 7 N–H and O–H groups in total. The van der Waals surface area contributed by atoms with Crippen molar-refractivity contribution in [3.63, 3.8) is 0 Å². The molecule has 3 heterocycles. The largest absolute Gasteiger partial charge is 0.379 e. The van der Waals surface area contributed by atoms with E-state index >= 15 is 4.39 Å². The molecule has 1 saturated heterocycles. The third-order valence-electron chi connectivity index (χ3n) is 7.79. The Bertz CT molecular complexity index is 1620. The maximum atomic E-state index is 15.1. The maximum absolute atomic E-state index is 15.1. The number of aryl methyl sites for hydroxylation is 1. The Morgan fingerprint density at radius 1 is 1.26 bits per heavy atom. The summed E-state index contributed by atoms with van der Waals surface area (Å²) in [6.07, 6.45) is 8.47. The highest BCUT2D eigenvalue weighted by molar-refractivity contribution is 8.13. The topological polar surface area (TPSA) is 139 Å². The van der Waals surface area contributed by atoms with E-state index in [1.54, 1.807) is 24.4 Å². The van der Waals surface area contributed by atoms with Gasteiger partial charge in [0, 0.05) is 41.0 Å². The van der Waals surface area contributed by atoms with E-state index in [0.717, 1.165) is 56.3 Å². The number of H-pyrrole nitrogens is 1. The van der Waals surface area contributed by atoms with Crippen LogP contribution in [-0.4, -0.2) is 37.5 Å². The van der Waals surface area contributed by atoms with E-state index in [0.29, 0.717) is 34.0 Å². The van der Waals surface area contributed by atoms with Gasteiger partial charge in [0.25, 0.3) is 0 Å². The molecule has 8 nitrogen and oxygen atoms in total. The molecule has 3 atom stereocenters. The van der Waals surface area contributed by atoms with Crippen LogP contribution < -0.4 is 22.5 Å². The van der Waals surface area contributed by atoms with Crippen molar-refractivity contribution in [3.05, 3.63) is 81.1 Å². The number of nitrogens with one attached hydrogen (secondary N) is 3. The number of nitrogens with two attached hydrogens (primary N) is 2. The number of aromatic nitrogens is 3. The molecule has 0 bridgehead atoms. The van der Waals surface area contributed by atoms with Crippen LogP contribution >= 0.6 is 23.4 Å². The molecule has 0 radical (unpaired) electrons. The first-order valence-electron chi connectivity index (χ1n) is 14.4. The number of halogens is 2. The quantitative estimate of drug-likeness (QED) is 0.110. The van der Waals surface area contributed by atoms with Gasteiger partial charge in [-0.2, -0.15) is 4.98 Å². The number of fused-ring (bicyclic) bond motifs is 1. The van der Waals surface area contributed by atoms with Crippen molar-refractivity contribution < 1.29 is 4.39 Å². The first-order valence-corrected chi connectivity index (χ1v) is 15.7. The van der Waals surface area contributed by atoms with Crippen molar-refractivity contribution >= 4 is 39.6 Å². The van der Waals surface area contributed by atoms with Crippen LogP contribution in [0.1, 0.15) is 62.6 Å². The summed E-state index contributed by atoms with van der Waals surface area (Å²) < 4.78 is 16.6. The Kier molecular flexibility index (Phi) is 9.67. The van der Waals surface area contributed by atoms with Crippen molar-refractivity contribution in [1.82, 2.24) is 19.9 Å². The molecule has 0 aliphatic carbocycles. The summed E-state index contributed by atoms with van der Waals surface area (Å²) in [6, 6.07) is 13.9. The lowest BCUT2D eigenvalue weighted by Gasteiger charge is -2.31. The highest BCUT2D eigenvalue weighted by Gasteiger charge is 2.22. The van der Waals surface area contributed by atoms with Crippen molar-refractivity contribution in [2.75, 3.05) is 5.75 Å². The first-order chi connectivity index (χ1) is 20.2. The summed E-state index contributed by atoms with van der Waals surface area (Å²) in [6.45, 7) is 1.97. The molecule has 2 unspecified atom stereocenters. The summed E-state index contributed by atoms with van der Waals surface area (Å²) in [7, 11) is 0. The zero-order chi connectivity index (χ0) is 29.8. The molecular weight excluding hydrogens is 573 g/mol. The van der Waals surface area contributed by atoms with Crippen molar-refractivity contribution in [2.24, 2.45) is 11.5 Å². The fraction of sp³-hybridized carbons (Fsp3) is 0.387. The number of hydrogen-bond donors (Lipinski definition) is 5. The highest BCUT2D eigenvalue weighted by Crippen LogP contribution is 2.32. The van der Waals surface area contributed by atoms with Crippen LogP contribution in [0.3, 0.4) is 0 Å². The lowest BCUT2D eigenvalue weighted by Crippen LogP contribution is -2.37. The Morgan fingerprint density at radius 2 is 2.05 bits per heavy atom. The monoisotopic (exact) mass is 609 g/mol. The summed E-state index contributed by atoms with van der Waals surface area (Å²) in [5.41, 5.74) is 15.0. The van der Waals surface area contributed by atoms with Gasteiger partial charge in [0.05, 0.1) is 16.4 Å². The molecule has 42 heavy (non-hydrogen) atoms. The molecule has 2 aromatic carbocycles. The van der Waals surface area contributed by atoms with Crippen molar-refractivity contribution in [2.45, 2.75) is 70.0 Å². The van der Waals surface area contributed by atoms with Gasteiger partial charge in [-0.15, -0.1) is 0 Å². The third kappa shape index (κ3) is 7.23. The molecule has 0 amide bonds. The van der Waals surface area contributed by atoms with E-state index < -0.39 is 11.5 Å². The van der Waals surface area contributed by atoms with Crippen LogP contribution in [0.5, 0.6) is 0 Å². The number of hydrogen-bond acceptors (Lipinski definition) is 6. The fourth-order valence-corrected chi connectivity index (χ4v) is 6.49. The molecule has 1 aliphatic heterocycles. The van der Waals surface area contributed by atoms with Crippen LogP contribution in [0.25, 0.3) is 28.0 Å². The number of aromatic amines is 1. The van der Waals surface area contributed by atoms with Gasteiger partial charge in [-0.1, -0.05) is 41.9 Å². The van der Waals surface area contributed by atoms with E-state index in [1.807, 2.05) is 31.2 Å². The minimum absolute atomic E-state index is 0.0586. The van der Waals surface area contributed by atoms with E-state index in [1.165, 1.54) is 21.9 Å². The van der Waals surface area contributed by atoms with Gasteiger partial charge in [0.15, 0.2) is 11.0 Å². The smallest absolute Gasteiger partial charge is 0.354 e. The average Bonchev–Trinajstić information content (AvgIpc) is 3.37. The second kappa shape index (κ2) is 13.4. The van der Waals surface area contributed by atoms with Gasteiger partial charge in [-0.25, -0.2) is 9.18 Å². The maximum Gasteiger partial charge on any atom is 0.354 e. The van der Waals surface area contributed by atoms with E-state index in [2.05, 4.69) is 15.3 Å².